The molecule has 4 aromatic rings. The van der Waals surface area contributed by atoms with Crippen LogP contribution in [0, 0.1) is 0 Å². The molecule has 0 unspecified atom stereocenters. The Morgan fingerprint density at radius 3 is 2.79 bits per heavy atom. The lowest BCUT2D eigenvalue weighted by atomic mass is 10.1. The number of anilines is 1. The summed E-state index contributed by atoms with van der Waals surface area (Å²) in [5.41, 5.74) is 2.08. The molecular formula is C20H14ClN3O3S. The maximum Gasteiger partial charge on any atom is 0.234 e. The van der Waals surface area contributed by atoms with Gasteiger partial charge in [0.25, 0.3) is 0 Å². The molecule has 0 bridgehead atoms. The number of carbonyl (C=O) groups excluding carboxylic acids is 1. The SMILES string of the molecule is O=C(CSc1ccc(Cl)cc1)Nc1ccc(O)c(-c2nc3cnccc3o2)c1. The Morgan fingerprint density at radius 2 is 2.00 bits per heavy atom. The quantitative estimate of drug-likeness (QED) is 0.355. The van der Waals surface area contributed by atoms with Crippen molar-refractivity contribution >= 4 is 46.1 Å². The Kier molecular flexibility index (Phi) is 5.18. The van der Waals surface area contributed by atoms with Crippen LogP contribution in [0.5, 0.6) is 5.75 Å². The molecule has 0 aliphatic carbocycles. The van der Waals surface area contributed by atoms with Gasteiger partial charge in [-0.1, -0.05) is 11.6 Å². The van der Waals surface area contributed by atoms with Crippen molar-refractivity contribution in [2.45, 2.75) is 4.90 Å². The molecule has 8 heteroatoms. The van der Waals surface area contributed by atoms with Gasteiger partial charge in [0.05, 0.1) is 17.5 Å². The lowest BCUT2D eigenvalue weighted by Gasteiger charge is -2.08. The Hall–Kier alpha value is -3.03. The molecule has 0 spiro atoms. The average Bonchev–Trinajstić information content (AvgIpc) is 3.13. The molecule has 0 aliphatic heterocycles. The van der Waals surface area contributed by atoms with Crippen molar-refractivity contribution in [3.8, 4) is 17.2 Å². The Balaban J connectivity index is 1.48. The fraction of sp³-hybridized carbons (Fsp3) is 0.0500. The highest BCUT2D eigenvalue weighted by atomic mass is 35.5. The molecule has 2 heterocycles. The van der Waals surface area contributed by atoms with E-state index < -0.39 is 0 Å². The summed E-state index contributed by atoms with van der Waals surface area (Å²) in [4.78, 5) is 21.5. The van der Waals surface area contributed by atoms with Gasteiger partial charge in [0.2, 0.25) is 11.8 Å². The zero-order chi connectivity index (χ0) is 19.5. The van der Waals surface area contributed by atoms with Gasteiger partial charge in [-0.25, -0.2) is 4.98 Å². The zero-order valence-electron chi connectivity index (χ0n) is 14.4. The number of thioether (sulfide) groups is 1. The second kappa shape index (κ2) is 7.92. The monoisotopic (exact) mass is 411 g/mol. The third-order valence-corrected chi connectivity index (χ3v) is 5.15. The van der Waals surface area contributed by atoms with E-state index in [0.717, 1.165) is 4.90 Å². The molecule has 0 fully saturated rings. The third kappa shape index (κ3) is 4.11. The summed E-state index contributed by atoms with van der Waals surface area (Å²) in [6, 6.07) is 13.7. The van der Waals surface area contributed by atoms with Gasteiger partial charge in [0.1, 0.15) is 11.3 Å². The first kappa shape index (κ1) is 18.3. The Morgan fingerprint density at radius 1 is 1.18 bits per heavy atom. The van der Waals surface area contributed by atoms with Crippen molar-refractivity contribution in [3.63, 3.8) is 0 Å². The van der Waals surface area contributed by atoms with Crippen LogP contribution in [0.25, 0.3) is 22.6 Å². The largest absolute Gasteiger partial charge is 0.507 e. The van der Waals surface area contributed by atoms with Crippen LogP contribution in [0.15, 0.2) is 70.2 Å². The standard InChI is InChI=1S/C20H14ClN3O3S/c21-12-1-4-14(5-2-12)28-11-19(26)23-13-3-6-17(25)15(9-13)20-24-16-10-22-8-7-18(16)27-20/h1-10,25H,11H2,(H,23,26). The predicted molar refractivity (Wildman–Crippen MR) is 110 cm³/mol. The lowest BCUT2D eigenvalue weighted by Crippen LogP contribution is -2.13. The summed E-state index contributed by atoms with van der Waals surface area (Å²) < 4.78 is 5.67. The second-order valence-electron chi connectivity index (χ2n) is 5.89. The molecule has 0 saturated carbocycles. The fourth-order valence-corrected chi connectivity index (χ4v) is 3.38. The first-order valence-corrected chi connectivity index (χ1v) is 9.67. The third-order valence-electron chi connectivity index (χ3n) is 3.88. The van der Waals surface area contributed by atoms with Crippen LogP contribution < -0.4 is 5.32 Å². The van der Waals surface area contributed by atoms with Crippen LogP contribution in [-0.4, -0.2) is 26.7 Å². The van der Waals surface area contributed by atoms with E-state index in [4.69, 9.17) is 16.0 Å². The molecule has 0 saturated heterocycles. The number of phenolic OH excluding ortho intramolecular Hbond substituents is 1. The van der Waals surface area contributed by atoms with Crippen LogP contribution in [0.3, 0.4) is 0 Å². The van der Waals surface area contributed by atoms with E-state index in [1.165, 1.54) is 17.8 Å². The number of hydrogen-bond acceptors (Lipinski definition) is 6. The number of amides is 1. The zero-order valence-corrected chi connectivity index (χ0v) is 16.0. The topological polar surface area (TPSA) is 88.2 Å². The summed E-state index contributed by atoms with van der Waals surface area (Å²) in [6.45, 7) is 0. The van der Waals surface area contributed by atoms with Gasteiger partial charge in [-0.15, -0.1) is 11.8 Å². The average molecular weight is 412 g/mol. The Labute approximate surface area is 169 Å². The van der Waals surface area contributed by atoms with Crippen LogP contribution in [0.2, 0.25) is 5.02 Å². The number of phenols is 1. The molecular weight excluding hydrogens is 398 g/mol. The van der Waals surface area contributed by atoms with E-state index >= 15 is 0 Å². The van der Waals surface area contributed by atoms with Gasteiger partial charge in [0, 0.05) is 27.9 Å². The molecule has 6 nitrogen and oxygen atoms in total. The summed E-state index contributed by atoms with van der Waals surface area (Å²) in [5, 5.41) is 13.6. The van der Waals surface area contributed by atoms with Gasteiger partial charge in [-0.05, 0) is 42.5 Å². The van der Waals surface area contributed by atoms with Crippen molar-refractivity contribution in [2.24, 2.45) is 0 Å². The van der Waals surface area contributed by atoms with Gasteiger partial charge in [-0.2, -0.15) is 0 Å². The number of benzene rings is 2. The number of carbonyl (C=O) groups is 1. The van der Waals surface area contributed by atoms with E-state index in [1.54, 1.807) is 42.7 Å². The molecule has 0 atom stereocenters. The molecule has 4 rings (SSSR count). The van der Waals surface area contributed by atoms with Crippen LogP contribution in [0.4, 0.5) is 5.69 Å². The maximum absolute atomic E-state index is 12.3. The fourth-order valence-electron chi connectivity index (χ4n) is 2.56. The number of fused-ring (bicyclic) bond motifs is 1. The minimum absolute atomic E-state index is 0.00746. The minimum Gasteiger partial charge on any atom is -0.507 e. The van der Waals surface area contributed by atoms with Crippen molar-refractivity contribution in [1.29, 1.82) is 0 Å². The number of nitrogens with one attached hydrogen (secondary N) is 1. The van der Waals surface area contributed by atoms with Gasteiger partial charge < -0.3 is 14.8 Å². The second-order valence-corrected chi connectivity index (χ2v) is 7.37. The van der Waals surface area contributed by atoms with Crippen molar-refractivity contribution in [3.05, 3.63) is 65.9 Å². The summed E-state index contributed by atoms with van der Waals surface area (Å²) >= 11 is 7.27. The first-order chi connectivity index (χ1) is 13.6. The number of halogens is 1. The number of rotatable bonds is 5. The van der Waals surface area contributed by atoms with Gasteiger partial charge in [0.15, 0.2) is 5.58 Å². The smallest absolute Gasteiger partial charge is 0.234 e. The van der Waals surface area contributed by atoms with Crippen LogP contribution in [0.1, 0.15) is 0 Å². The summed E-state index contributed by atoms with van der Waals surface area (Å²) in [6.07, 6.45) is 3.19. The Bertz CT molecular complexity index is 1110. The number of nitrogens with zero attached hydrogens (tertiary/aromatic N) is 2. The number of pyridine rings is 1. The van der Waals surface area contributed by atoms with Gasteiger partial charge >= 0.3 is 0 Å². The molecule has 0 radical (unpaired) electrons. The molecule has 28 heavy (non-hydrogen) atoms. The normalized spacial score (nSPS) is 10.9. The maximum atomic E-state index is 12.3. The highest BCUT2D eigenvalue weighted by Gasteiger charge is 2.14. The van der Waals surface area contributed by atoms with E-state index in [0.29, 0.717) is 27.4 Å². The first-order valence-electron chi connectivity index (χ1n) is 8.31. The summed E-state index contributed by atoms with van der Waals surface area (Å²) in [5.74, 6) is 0.338. The predicted octanol–water partition coefficient (Wildman–Crippen LogP) is 4.98. The van der Waals surface area contributed by atoms with E-state index in [2.05, 4.69) is 15.3 Å². The van der Waals surface area contributed by atoms with Crippen molar-refractivity contribution < 1.29 is 14.3 Å². The van der Waals surface area contributed by atoms with Gasteiger partial charge in [-0.3, -0.25) is 9.78 Å². The molecule has 140 valence electrons. The molecule has 2 aromatic heterocycles. The van der Waals surface area contributed by atoms with Crippen molar-refractivity contribution in [1.82, 2.24) is 9.97 Å². The van der Waals surface area contributed by atoms with Crippen molar-refractivity contribution in [2.75, 3.05) is 11.1 Å². The van der Waals surface area contributed by atoms with Crippen LogP contribution >= 0.6 is 23.4 Å². The van der Waals surface area contributed by atoms with E-state index in [9.17, 15) is 9.90 Å². The molecule has 0 aliphatic rings. The van der Waals surface area contributed by atoms with E-state index in [1.807, 2.05) is 12.1 Å². The number of hydrogen-bond donors (Lipinski definition) is 2. The molecule has 1 amide bonds. The number of aromatic hydroxyl groups is 1. The minimum atomic E-state index is -0.168. The highest BCUT2D eigenvalue weighted by Crippen LogP contribution is 2.33. The summed E-state index contributed by atoms with van der Waals surface area (Å²) in [7, 11) is 0. The van der Waals surface area contributed by atoms with Crippen LogP contribution in [-0.2, 0) is 4.79 Å². The highest BCUT2D eigenvalue weighted by molar-refractivity contribution is 8.00. The molecule has 2 N–H and O–H groups in total. The lowest BCUT2D eigenvalue weighted by molar-refractivity contribution is -0.113. The van der Waals surface area contributed by atoms with E-state index in [-0.39, 0.29) is 23.3 Å². The molecule has 2 aromatic carbocycles. The number of oxazole rings is 1. The number of aromatic nitrogens is 2.